The summed E-state index contributed by atoms with van der Waals surface area (Å²) in [6, 6.07) is 7.73. The molecule has 266 valence electrons. The van der Waals surface area contributed by atoms with Gasteiger partial charge in [-0.15, -0.1) is 0 Å². The first kappa shape index (κ1) is 35.7. The summed E-state index contributed by atoms with van der Waals surface area (Å²) in [5.41, 5.74) is 3.88. The zero-order valence-electron chi connectivity index (χ0n) is 29.0. The molecule has 0 bridgehead atoms. The minimum absolute atomic E-state index is 0.0184. The summed E-state index contributed by atoms with van der Waals surface area (Å²) in [4.78, 5) is 38.7. The molecule has 0 radical (unpaired) electrons. The first-order valence-electron chi connectivity index (χ1n) is 16.6. The summed E-state index contributed by atoms with van der Waals surface area (Å²) in [5.74, 6) is 1.16. The SMILES string of the molecule is CCc1cc(Nc2ncc(Br)c(Nc3ccc4nccnc4c3N(C)S(C)(=O)=O)n2)c(OC)cc1C(=O)N1CCC(N2CCN(C)CC2)CC1. The molecule has 6 rings (SSSR count). The number of carbonyl (C=O) groups is 1. The highest BCUT2D eigenvalue weighted by Crippen LogP contribution is 2.37. The van der Waals surface area contributed by atoms with E-state index in [0.29, 0.717) is 62.2 Å². The lowest BCUT2D eigenvalue weighted by Crippen LogP contribution is -2.53. The predicted molar refractivity (Wildman–Crippen MR) is 199 cm³/mol. The Morgan fingerprint density at radius 3 is 2.42 bits per heavy atom. The van der Waals surface area contributed by atoms with E-state index in [4.69, 9.17) is 9.72 Å². The number of methoxy groups -OCH3 is 1. The molecule has 2 aromatic heterocycles. The number of benzene rings is 2. The average molecular weight is 768 g/mol. The first-order chi connectivity index (χ1) is 24.0. The second-order valence-electron chi connectivity index (χ2n) is 12.7. The molecule has 0 aliphatic carbocycles. The quantitative estimate of drug-likeness (QED) is 0.234. The topological polar surface area (TPSA) is 149 Å². The summed E-state index contributed by atoms with van der Waals surface area (Å²) < 4.78 is 32.7. The number of fused-ring (bicyclic) bond motifs is 1. The van der Waals surface area contributed by atoms with Crippen molar-refractivity contribution >= 4 is 71.7 Å². The maximum atomic E-state index is 13.9. The molecule has 16 heteroatoms. The van der Waals surface area contributed by atoms with Gasteiger partial charge in [-0.3, -0.25) is 24.0 Å². The van der Waals surface area contributed by atoms with E-state index in [9.17, 15) is 13.2 Å². The molecule has 2 fully saturated rings. The zero-order chi connectivity index (χ0) is 35.6. The van der Waals surface area contributed by atoms with Crippen molar-refractivity contribution in [3.05, 3.63) is 58.5 Å². The van der Waals surface area contributed by atoms with Crippen LogP contribution in [0.1, 0.15) is 35.7 Å². The number of piperidine rings is 1. The van der Waals surface area contributed by atoms with Gasteiger partial charge in [0.1, 0.15) is 22.8 Å². The third-order valence-corrected chi connectivity index (χ3v) is 11.3. The normalized spacial score (nSPS) is 16.4. The van der Waals surface area contributed by atoms with Crippen molar-refractivity contribution in [2.24, 2.45) is 0 Å². The predicted octanol–water partition coefficient (Wildman–Crippen LogP) is 4.49. The molecule has 0 spiro atoms. The number of likely N-dealkylation sites (N-methyl/N-ethyl adjacent to an activating group) is 1. The van der Waals surface area contributed by atoms with Crippen LogP contribution in [0.25, 0.3) is 11.0 Å². The van der Waals surface area contributed by atoms with Crippen molar-refractivity contribution < 1.29 is 17.9 Å². The van der Waals surface area contributed by atoms with E-state index in [-0.39, 0.29) is 11.9 Å². The minimum Gasteiger partial charge on any atom is -0.495 e. The Labute approximate surface area is 301 Å². The van der Waals surface area contributed by atoms with Crippen molar-refractivity contribution in [3.8, 4) is 5.75 Å². The van der Waals surface area contributed by atoms with Gasteiger partial charge in [0.05, 0.1) is 34.7 Å². The standard InChI is InChI=1S/C34H43BrN10O4S/c1-6-22-19-28(29(49-4)20-24(22)33(46)45-13-9-23(10-14-45)44-17-15-42(2)16-18-44)40-34-38-21-25(35)32(41-34)39-27-8-7-26-30(37-12-11-36-26)31(27)43(3)50(5,47)48/h7-8,11-12,19-21,23H,6,9-10,13-18H2,1-5H3,(H2,38,39,40,41). The fraction of sp³-hybridized carbons (Fsp3) is 0.441. The van der Waals surface area contributed by atoms with Gasteiger partial charge in [0.15, 0.2) is 0 Å². The van der Waals surface area contributed by atoms with Gasteiger partial charge in [0.2, 0.25) is 16.0 Å². The lowest BCUT2D eigenvalue weighted by molar-refractivity contribution is 0.0518. The van der Waals surface area contributed by atoms with Gasteiger partial charge in [-0.1, -0.05) is 6.92 Å². The smallest absolute Gasteiger partial charge is 0.254 e. The second kappa shape index (κ2) is 15.0. The number of rotatable bonds is 10. The van der Waals surface area contributed by atoms with Crippen LogP contribution in [0.4, 0.5) is 28.8 Å². The number of carbonyl (C=O) groups excluding carboxylic acids is 1. The number of nitrogens with one attached hydrogen (secondary N) is 2. The highest BCUT2D eigenvalue weighted by atomic mass is 79.9. The molecule has 0 atom stereocenters. The van der Waals surface area contributed by atoms with Crippen molar-refractivity contribution in [3.63, 3.8) is 0 Å². The Hall–Kier alpha value is -4.12. The molecule has 4 aromatic rings. The molecule has 0 saturated carbocycles. The van der Waals surface area contributed by atoms with Crippen LogP contribution in [0.5, 0.6) is 5.75 Å². The molecule has 2 aliphatic rings. The van der Waals surface area contributed by atoms with Crippen molar-refractivity contribution in [1.82, 2.24) is 34.6 Å². The summed E-state index contributed by atoms with van der Waals surface area (Å²) in [6.07, 6.45) is 8.39. The van der Waals surface area contributed by atoms with E-state index < -0.39 is 10.0 Å². The highest BCUT2D eigenvalue weighted by Gasteiger charge is 2.30. The Kier molecular flexibility index (Phi) is 10.7. The maximum Gasteiger partial charge on any atom is 0.254 e. The van der Waals surface area contributed by atoms with E-state index in [1.165, 1.54) is 13.2 Å². The molecular formula is C34H43BrN10O4S. The van der Waals surface area contributed by atoms with Crippen LogP contribution < -0.4 is 19.7 Å². The van der Waals surface area contributed by atoms with Gasteiger partial charge in [0.25, 0.3) is 5.91 Å². The number of amides is 1. The molecule has 50 heavy (non-hydrogen) atoms. The fourth-order valence-electron chi connectivity index (χ4n) is 6.54. The lowest BCUT2D eigenvalue weighted by Gasteiger charge is -2.42. The largest absolute Gasteiger partial charge is 0.495 e. The molecule has 14 nitrogen and oxygen atoms in total. The molecule has 2 aliphatic heterocycles. The number of nitrogens with zero attached hydrogens (tertiary/aromatic N) is 8. The van der Waals surface area contributed by atoms with Gasteiger partial charge in [-0.25, -0.2) is 13.4 Å². The lowest BCUT2D eigenvalue weighted by atomic mass is 9.98. The fourth-order valence-corrected chi connectivity index (χ4v) is 7.35. The molecule has 2 N–H and O–H groups in total. The highest BCUT2D eigenvalue weighted by molar-refractivity contribution is 9.10. The van der Waals surface area contributed by atoms with Gasteiger partial charge >= 0.3 is 0 Å². The Balaban J connectivity index is 1.23. The Bertz CT molecular complexity index is 1980. The van der Waals surface area contributed by atoms with E-state index in [1.54, 1.807) is 37.7 Å². The van der Waals surface area contributed by atoms with E-state index >= 15 is 0 Å². The first-order valence-corrected chi connectivity index (χ1v) is 19.3. The third kappa shape index (κ3) is 7.62. The van der Waals surface area contributed by atoms with E-state index in [1.807, 2.05) is 17.9 Å². The molecule has 1 amide bonds. The number of hydrogen-bond donors (Lipinski definition) is 2. The van der Waals surface area contributed by atoms with Gasteiger partial charge in [-0.05, 0) is 72.1 Å². The van der Waals surface area contributed by atoms with Gasteiger partial charge < -0.3 is 25.2 Å². The van der Waals surface area contributed by atoms with Crippen molar-refractivity contribution in [1.29, 1.82) is 0 Å². The maximum absolute atomic E-state index is 13.9. The Morgan fingerprint density at radius 2 is 1.74 bits per heavy atom. The number of aromatic nitrogens is 4. The number of hydrogen-bond acceptors (Lipinski definition) is 12. The molecule has 2 saturated heterocycles. The molecule has 2 aromatic carbocycles. The zero-order valence-corrected chi connectivity index (χ0v) is 31.4. The number of sulfonamides is 1. The number of ether oxygens (including phenoxy) is 1. The number of anilines is 5. The van der Waals surface area contributed by atoms with Gasteiger partial charge in [0, 0.05) is 76.5 Å². The summed E-state index contributed by atoms with van der Waals surface area (Å²) >= 11 is 3.52. The third-order valence-electron chi connectivity index (χ3n) is 9.51. The molecule has 0 unspecified atom stereocenters. The average Bonchev–Trinajstić information content (AvgIpc) is 3.12. The summed E-state index contributed by atoms with van der Waals surface area (Å²) in [7, 11) is 1.57. The summed E-state index contributed by atoms with van der Waals surface area (Å²) in [5, 5.41) is 6.51. The number of aryl methyl sites for hydroxylation is 1. The van der Waals surface area contributed by atoms with Crippen LogP contribution in [0.3, 0.4) is 0 Å². The Morgan fingerprint density at radius 1 is 1.02 bits per heavy atom. The van der Waals surface area contributed by atoms with Crippen LogP contribution in [0.15, 0.2) is 47.3 Å². The number of likely N-dealkylation sites (tertiary alicyclic amines) is 1. The van der Waals surface area contributed by atoms with Crippen LogP contribution >= 0.6 is 15.9 Å². The molecular weight excluding hydrogens is 724 g/mol. The van der Waals surface area contributed by atoms with Crippen LogP contribution in [0.2, 0.25) is 0 Å². The minimum atomic E-state index is -3.64. The van der Waals surface area contributed by atoms with E-state index in [0.717, 1.165) is 68.2 Å². The van der Waals surface area contributed by atoms with Crippen LogP contribution in [-0.4, -0.2) is 122 Å². The van der Waals surface area contributed by atoms with Crippen molar-refractivity contribution in [2.45, 2.75) is 32.2 Å². The van der Waals surface area contributed by atoms with Crippen LogP contribution in [0, 0.1) is 0 Å². The van der Waals surface area contributed by atoms with E-state index in [2.05, 4.69) is 58.4 Å². The molecule has 4 heterocycles. The number of piperazine rings is 1. The second-order valence-corrected chi connectivity index (χ2v) is 15.6. The monoisotopic (exact) mass is 766 g/mol. The number of halogens is 1. The van der Waals surface area contributed by atoms with Crippen LogP contribution in [-0.2, 0) is 16.4 Å². The van der Waals surface area contributed by atoms with Crippen molar-refractivity contribution in [2.75, 3.05) is 81.7 Å². The summed E-state index contributed by atoms with van der Waals surface area (Å²) in [6.45, 7) is 7.84. The van der Waals surface area contributed by atoms with Gasteiger partial charge in [-0.2, -0.15) is 4.98 Å².